The second kappa shape index (κ2) is 6.12. The van der Waals surface area contributed by atoms with Gasteiger partial charge < -0.3 is 10.4 Å². The Kier molecular flexibility index (Phi) is 4.51. The van der Waals surface area contributed by atoms with E-state index in [-0.39, 0.29) is 5.41 Å². The van der Waals surface area contributed by atoms with Gasteiger partial charge in [0.05, 0.1) is 0 Å². The van der Waals surface area contributed by atoms with Crippen LogP contribution < -0.4 is 5.32 Å². The van der Waals surface area contributed by atoms with Crippen molar-refractivity contribution < 1.29 is 5.11 Å². The Labute approximate surface area is 103 Å². The van der Waals surface area contributed by atoms with E-state index in [4.69, 9.17) is 0 Å². The summed E-state index contributed by atoms with van der Waals surface area (Å²) in [6.07, 6.45) is 9.59. The summed E-state index contributed by atoms with van der Waals surface area (Å²) in [6, 6.07) is 4.11. The molecule has 0 amide bonds. The molecule has 0 bridgehead atoms. The van der Waals surface area contributed by atoms with Crippen LogP contribution in [0.25, 0.3) is 0 Å². The number of nitrogens with one attached hydrogen (secondary N) is 1. The Hall–Kier alpha value is -0.930. The quantitative estimate of drug-likeness (QED) is 0.737. The van der Waals surface area contributed by atoms with E-state index in [2.05, 4.69) is 22.4 Å². The minimum absolute atomic E-state index is 0.165. The van der Waals surface area contributed by atoms with Crippen molar-refractivity contribution in [2.24, 2.45) is 5.41 Å². The number of aliphatic hydroxyl groups excluding tert-OH is 1. The van der Waals surface area contributed by atoms with E-state index in [9.17, 15) is 5.11 Å². The Bertz CT molecular complexity index is 320. The first kappa shape index (κ1) is 12.5. The fourth-order valence-corrected chi connectivity index (χ4v) is 2.65. The lowest BCUT2D eigenvalue weighted by molar-refractivity contribution is 0.128. The van der Waals surface area contributed by atoms with Gasteiger partial charge in [-0.3, -0.25) is 4.98 Å². The third-order valence-electron chi connectivity index (χ3n) is 3.84. The molecule has 0 aromatic carbocycles. The van der Waals surface area contributed by atoms with Crippen LogP contribution in [0.2, 0.25) is 0 Å². The van der Waals surface area contributed by atoms with Crippen molar-refractivity contribution in [2.45, 2.75) is 32.1 Å². The number of hydrogen-bond donors (Lipinski definition) is 2. The van der Waals surface area contributed by atoms with Gasteiger partial charge in [-0.05, 0) is 43.5 Å². The second-order valence-corrected chi connectivity index (χ2v) is 5.15. The molecular formula is C14H22N2O. The molecule has 94 valence electrons. The van der Waals surface area contributed by atoms with Crippen LogP contribution in [-0.2, 0) is 6.42 Å². The molecular weight excluding hydrogens is 212 g/mol. The topological polar surface area (TPSA) is 45.1 Å². The van der Waals surface area contributed by atoms with Gasteiger partial charge in [0, 0.05) is 31.0 Å². The largest absolute Gasteiger partial charge is 0.396 e. The van der Waals surface area contributed by atoms with E-state index in [0.29, 0.717) is 6.61 Å². The highest BCUT2D eigenvalue weighted by Crippen LogP contribution is 2.36. The summed E-state index contributed by atoms with van der Waals surface area (Å²) in [5.74, 6) is 0. The maximum atomic E-state index is 9.48. The first-order valence-electron chi connectivity index (χ1n) is 6.55. The summed E-state index contributed by atoms with van der Waals surface area (Å²) < 4.78 is 0. The van der Waals surface area contributed by atoms with Gasteiger partial charge in [-0.2, -0.15) is 0 Å². The Balaban J connectivity index is 1.69. The molecule has 1 fully saturated rings. The average Bonchev–Trinajstić information content (AvgIpc) is 2.85. The van der Waals surface area contributed by atoms with Gasteiger partial charge in [0.25, 0.3) is 0 Å². The zero-order chi connectivity index (χ0) is 12.0. The van der Waals surface area contributed by atoms with Crippen LogP contribution in [0.3, 0.4) is 0 Å². The monoisotopic (exact) mass is 234 g/mol. The molecule has 0 unspecified atom stereocenters. The van der Waals surface area contributed by atoms with Gasteiger partial charge in [-0.25, -0.2) is 0 Å². The molecule has 0 aliphatic heterocycles. The summed E-state index contributed by atoms with van der Waals surface area (Å²) >= 11 is 0. The van der Waals surface area contributed by atoms with Crippen LogP contribution in [0.1, 0.15) is 31.2 Å². The molecule has 0 atom stereocenters. The summed E-state index contributed by atoms with van der Waals surface area (Å²) in [4.78, 5) is 4.01. The zero-order valence-electron chi connectivity index (χ0n) is 10.4. The maximum absolute atomic E-state index is 9.48. The SMILES string of the molecule is OCC1(CNCCc2ccncc2)CCCC1. The van der Waals surface area contributed by atoms with Gasteiger partial charge in [-0.15, -0.1) is 0 Å². The van der Waals surface area contributed by atoms with Crippen LogP contribution in [-0.4, -0.2) is 29.8 Å². The Morgan fingerprint density at radius 3 is 2.59 bits per heavy atom. The molecule has 0 spiro atoms. The third kappa shape index (κ3) is 3.51. The lowest BCUT2D eigenvalue weighted by Crippen LogP contribution is -2.36. The number of pyridine rings is 1. The molecule has 3 heteroatoms. The highest BCUT2D eigenvalue weighted by Gasteiger charge is 2.32. The Morgan fingerprint density at radius 1 is 1.24 bits per heavy atom. The molecule has 1 heterocycles. The molecule has 2 N–H and O–H groups in total. The number of hydrogen-bond acceptors (Lipinski definition) is 3. The molecule has 0 saturated heterocycles. The van der Waals surface area contributed by atoms with E-state index in [1.807, 2.05) is 12.4 Å². The summed E-state index contributed by atoms with van der Waals surface area (Å²) in [5, 5.41) is 13.0. The standard InChI is InChI=1S/C14H22N2O/c17-12-14(6-1-2-7-14)11-16-10-5-13-3-8-15-9-4-13/h3-4,8-9,16-17H,1-2,5-7,10-12H2. The van der Waals surface area contributed by atoms with Crippen molar-refractivity contribution in [3.8, 4) is 0 Å². The highest BCUT2D eigenvalue weighted by molar-refractivity contribution is 5.09. The van der Waals surface area contributed by atoms with E-state index in [0.717, 1.165) is 19.5 Å². The van der Waals surface area contributed by atoms with Crippen LogP contribution in [0.5, 0.6) is 0 Å². The molecule has 1 aliphatic carbocycles. The number of nitrogens with zero attached hydrogens (tertiary/aromatic N) is 1. The van der Waals surface area contributed by atoms with Gasteiger partial charge in [-0.1, -0.05) is 12.8 Å². The molecule has 1 aromatic rings. The van der Waals surface area contributed by atoms with Crippen LogP contribution >= 0.6 is 0 Å². The summed E-state index contributed by atoms with van der Waals surface area (Å²) in [5.41, 5.74) is 1.48. The van der Waals surface area contributed by atoms with Crippen molar-refractivity contribution in [3.63, 3.8) is 0 Å². The minimum atomic E-state index is 0.165. The summed E-state index contributed by atoms with van der Waals surface area (Å²) in [6.45, 7) is 2.26. The zero-order valence-corrected chi connectivity index (χ0v) is 10.4. The first-order valence-corrected chi connectivity index (χ1v) is 6.55. The number of aliphatic hydroxyl groups is 1. The van der Waals surface area contributed by atoms with E-state index in [1.54, 1.807) is 0 Å². The van der Waals surface area contributed by atoms with Crippen molar-refractivity contribution in [1.82, 2.24) is 10.3 Å². The third-order valence-corrected chi connectivity index (χ3v) is 3.84. The van der Waals surface area contributed by atoms with Crippen LogP contribution in [0.4, 0.5) is 0 Å². The summed E-state index contributed by atoms with van der Waals surface area (Å²) in [7, 11) is 0. The van der Waals surface area contributed by atoms with Crippen molar-refractivity contribution in [1.29, 1.82) is 0 Å². The molecule has 1 aromatic heterocycles. The smallest absolute Gasteiger partial charge is 0.0499 e. The minimum Gasteiger partial charge on any atom is -0.396 e. The predicted octanol–water partition coefficient (Wildman–Crippen LogP) is 1.77. The molecule has 0 radical (unpaired) electrons. The van der Waals surface area contributed by atoms with Gasteiger partial charge in [0.15, 0.2) is 0 Å². The second-order valence-electron chi connectivity index (χ2n) is 5.15. The van der Waals surface area contributed by atoms with Crippen LogP contribution in [0, 0.1) is 5.41 Å². The predicted molar refractivity (Wildman–Crippen MR) is 68.8 cm³/mol. The molecule has 17 heavy (non-hydrogen) atoms. The fourth-order valence-electron chi connectivity index (χ4n) is 2.65. The highest BCUT2D eigenvalue weighted by atomic mass is 16.3. The van der Waals surface area contributed by atoms with Gasteiger partial charge in [0.1, 0.15) is 0 Å². The normalized spacial score (nSPS) is 18.4. The van der Waals surface area contributed by atoms with E-state index >= 15 is 0 Å². The van der Waals surface area contributed by atoms with Gasteiger partial charge >= 0.3 is 0 Å². The number of aromatic nitrogens is 1. The first-order chi connectivity index (χ1) is 8.35. The molecule has 1 saturated carbocycles. The molecule has 2 rings (SSSR count). The maximum Gasteiger partial charge on any atom is 0.0499 e. The van der Waals surface area contributed by atoms with E-state index < -0.39 is 0 Å². The van der Waals surface area contributed by atoms with Crippen LogP contribution in [0.15, 0.2) is 24.5 Å². The Morgan fingerprint density at radius 2 is 1.94 bits per heavy atom. The average molecular weight is 234 g/mol. The number of rotatable bonds is 6. The van der Waals surface area contributed by atoms with Crippen molar-refractivity contribution in [2.75, 3.05) is 19.7 Å². The van der Waals surface area contributed by atoms with Crippen molar-refractivity contribution >= 4 is 0 Å². The molecule has 1 aliphatic rings. The molecule has 3 nitrogen and oxygen atoms in total. The van der Waals surface area contributed by atoms with Gasteiger partial charge in [0.2, 0.25) is 0 Å². The van der Waals surface area contributed by atoms with Crippen molar-refractivity contribution in [3.05, 3.63) is 30.1 Å². The fraction of sp³-hybridized carbons (Fsp3) is 0.643. The van der Waals surface area contributed by atoms with E-state index in [1.165, 1.54) is 31.2 Å². The lowest BCUT2D eigenvalue weighted by atomic mass is 9.87. The lowest BCUT2D eigenvalue weighted by Gasteiger charge is -2.26.